The van der Waals surface area contributed by atoms with Crippen LogP contribution in [0.1, 0.15) is 47.0 Å². The minimum atomic E-state index is -1.07. The molecule has 2 aliphatic rings. The van der Waals surface area contributed by atoms with Crippen LogP contribution in [-0.2, 0) is 23.9 Å². The molecule has 4 N–H and O–H groups in total. The predicted molar refractivity (Wildman–Crippen MR) is 102 cm³/mol. The lowest BCUT2D eigenvalue weighted by atomic mass is 10.1. The van der Waals surface area contributed by atoms with E-state index in [2.05, 4.69) is 0 Å². The molecule has 2 saturated heterocycles. The second-order valence-corrected chi connectivity index (χ2v) is 8.10. The molecule has 0 aliphatic carbocycles. The molecule has 0 aromatic heterocycles. The van der Waals surface area contributed by atoms with Gasteiger partial charge in [-0.15, -0.1) is 0 Å². The van der Waals surface area contributed by atoms with Crippen molar-refractivity contribution in [2.24, 2.45) is 17.4 Å². The largest absolute Gasteiger partial charge is 0.459 e. The first-order valence-corrected chi connectivity index (χ1v) is 9.87. The number of carbonyl (C=O) groups excluding carboxylic acids is 4. The molecule has 9 heteroatoms. The zero-order valence-corrected chi connectivity index (χ0v) is 17.1. The Hall–Kier alpha value is -2.00. The van der Waals surface area contributed by atoms with Gasteiger partial charge in [0.2, 0.25) is 11.8 Å². The molecule has 0 bridgehead atoms. The van der Waals surface area contributed by atoms with Crippen LogP contribution in [0.2, 0.25) is 0 Å². The molecule has 9 nitrogen and oxygen atoms in total. The van der Waals surface area contributed by atoms with Gasteiger partial charge < -0.3 is 26.0 Å². The fourth-order valence-corrected chi connectivity index (χ4v) is 3.95. The van der Waals surface area contributed by atoms with Crippen molar-refractivity contribution in [1.29, 1.82) is 0 Å². The molecule has 2 aliphatic heterocycles. The van der Waals surface area contributed by atoms with Crippen molar-refractivity contribution in [2.45, 2.75) is 77.2 Å². The molecule has 2 amide bonds. The second-order valence-electron chi connectivity index (χ2n) is 8.10. The predicted octanol–water partition coefficient (Wildman–Crippen LogP) is -0.590. The highest BCUT2D eigenvalue weighted by Crippen LogP contribution is 2.25. The molecule has 0 aromatic carbocycles. The normalized spacial score (nSPS) is 28.0. The van der Waals surface area contributed by atoms with Crippen LogP contribution in [0.15, 0.2) is 0 Å². The third-order valence-corrected chi connectivity index (χ3v) is 5.55. The first kappa shape index (κ1) is 22.3. The van der Waals surface area contributed by atoms with Gasteiger partial charge in [0.25, 0.3) is 0 Å². The van der Waals surface area contributed by atoms with Gasteiger partial charge in [-0.2, -0.15) is 0 Å². The molecule has 158 valence electrons. The number of carbonyl (C=O) groups is 4. The molecule has 0 radical (unpaired) electrons. The van der Waals surface area contributed by atoms with Crippen LogP contribution in [0.25, 0.3) is 0 Å². The topological polar surface area (TPSA) is 136 Å². The van der Waals surface area contributed by atoms with Crippen LogP contribution >= 0.6 is 0 Å². The number of rotatable bonds is 6. The third kappa shape index (κ3) is 4.70. The number of hydrogen-bond donors (Lipinski definition) is 2. The first-order chi connectivity index (χ1) is 13.0. The van der Waals surface area contributed by atoms with Crippen molar-refractivity contribution in [3.8, 4) is 0 Å². The fourth-order valence-electron chi connectivity index (χ4n) is 3.95. The van der Waals surface area contributed by atoms with Gasteiger partial charge >= 0.3 is 5.97 Å². The van der Waals surface area contributed by atoms with Crippen molar-refractivity contribution in [3.05, 3.63) is 0 Å². The number of likely N-dealkylation sites (tertiary alicyclic amines) is 2. The lowest BCUT2D eigenvalue weighted by molar-refractivity contribution is -0.160. The Kier molecular flexibility index (Phi) is 7.16. The Morgan fingerprint density at radius 1 is 1.04 bits per heavy atom. The number of hydrogen-bond acceptors (Lipinski definition) is 7. The molecular formula is C19H32N4O5. The van der Waals surface area contributed by atoms with Crippen LogP contribution in [-0.4, -0.2) is 76.7 Å². The minimum Gasteiger partial charge on any atom is -0.459 e. The van der Waals surface area contributed by atoms with Gasteiger partial charge in [0, 0.05) is 13.1 Å². The van der Waals surface area contributed by atoms with Crippen molar-refractivity contribution in [1.82, 2.24) is 9.80 Å². The third-order valence-electron chi connectivity index (χ3n) is 5.55. The molecule has 0 saturated carbocycles. The Morgan fingerprint density at radius 2 is 1.68 bits per heavy atom. The van der Waals surface area contributed by atoms with Crippen LogP contribution in [0.5, 0.6) is 0 Å². The van der Waals surface area contributed by atoms with E-state index in [1.165, 1.54) is 16.7 Å². The monoisotopic (exact) mass is 396 g/mol. The molecule has 2 fully saturated rings. The number of ketones is 1. The molecule has 0 aromatic rings. The van der Waals surface area contributed by atoms with Crippen molar-refractivity contribution >= 4 is 23.6 Å². The lowest BCUT2D eigenvalue weighted by Gasteiger charge is -2.30. The smallest absolute Gasteiger partial charge is 0.329 e. The average molecular weight is 396 g/mol. The summed E-state index contributed by atoms with van der Waals surface area (Å²) in [6.45, 7) is 7.43. The van der Waals surface area contributed by atoms with E-state index in [1.807, 2.05) is 6.92 Å². The van der Waals surface area contributed by atoms with Gasteiger partial charge in [-0.1, -0.05) is 6.92 Å². The highest BCUT2D eigenvalue weighted by atomic mass is 16.5. The van der Waals surface area contributed by atoms with E-state index in [1.54, 1.807) is 13.8 Å². The summed E-state index contributed by atoms with van der Waals surface area (Å²) in [6.07, 6.45) is 0.962. The van der Waals surface area contributed by atoms with E-state index in [9.17, 15) is 19.2 Å². The van der Waals surface area contributed by atoms with Crippen molar-refractivity contribution in [3.63, 3.8) is 0 Å². The van der Waals surface area contributed by atoms with E-state index in [0.717, 1.165) is 6.42 Å². The Balaban J connectivity index is 2.01. The van der Waals surface area contributed by atoms with Crippen LogP contribution in [0, 0.1) is 5.92 Å². The first-order valence-electron chi connectivity index (χ1n) is 9.87. The summed E-state index contributed by atoms with van der Waals surface area (Å²) in [5.41, 5.74) is 11.7. The van der Waals surface area contributed by atoms with E-state index in [0.29, 0.717) is 25.9 Å². The highest BCUT2D eigenvalue weighted by molar-refractivity contribution is 5.91. The number of nitrogens with zero attached hydrogens (tertiary/aromatic N) is 2. The summed E-state index contributed by atoms with van der Waals surface area (Å²) < 4.78 is 5.45. The highest BCUT2D eigenvalue weighted by Gasteiger charge is 2.42. The minimum absolute atomic E-state index is 0.0762. The second kappa shape index (κ2) is 9.00. The van der Waals surface area contributed by atoms with Gasteiger partial charge in [0.05, 0.1) is 12.1 Å². The number of Topliss-reactive ketones (excluding diaryl/α,β-unsaturated/α-hetero) is 1. The average Bonchev–Trinajstić information content (AvgIpc) is 3.26. The summed E-state index contributed by atoms with van der Waals surface area (Å²) >= 11 is 0. The number of amides is 2. The molecule has 2 rings (SSSR count). The standard InChI is InChI=1S/C19H32N4O5/c1-10-8-15(23(9-10)17(25)11(2)20)19(27)28-13(4)16(21)18(26)22-7-5-6-14(22)12(3)24/h10-11,13-16H,5-9,20-21H2,1-4H3/t10-,11-,13-,14-,15?,16-/m0/s1. The van der Waals surface area contributed by atoms with Crippen LogP contribution < -0.4 is 11.5 Å². The Morgan fingerprint density at radius 3 is 2.25 bits per heavy atom. The van der Waals surface area contributed by atoms with Crippen molar-refractivity contribution in [2.75, 3.05) is 13.1 Å². The molecule has 28 heavy (non-hydrogen) atoms. The molecular weight excluding hydrogens is 364 g/mol. The lowest BCUT2D eigenvalue weighted by Crippen LogP contribution is -2.54. The van der Waals surface area contributed by atoms with E-state index in [4.69, 9.17) is 16.2 Å². The molecule has 2 heterocycles. The summed E-state index contributed by atoms with van der Waals surface area (Å²) in [6, 6.07) is -2.97. The van der Waals surface area contributed by atoms with Crippen LogP contribution in [0.4, 0.5) is 0 Å². The number of esters is 1. The van der Waals surface area contributed by atoms with E-state index in [-0.39, 0.29) is 17.6 Å². The molecule has 6 atom stereocenters. The number of ether oxygens (including phenoxy) is 1. The maximum Gasteiger partial charge on any atom is 0.329 e. The number of nitrogens with two attached hydrogens (primary N) is 2. The van der Waals surface area contributed by atoms with Gasteiger partial charge in [-0.3, -0.25) is 14.4 Å². The van der Waals surface area contributed by atoms with E-state index < -0.39 is 42.1 Å². The van der Waals surface area contributed by atoms with Gasteiger partial charge in [0.1, 0.15) is 18.2 Å². The zero-order chi connectivity index (χ0) is 21.2. The summed E-state index contributed by atoms with van der Waals surface area (Å²) in [5, 5.41) is 0. The summed E-state index contributed by atoms with van der Waals surface area (Å²) in [7, 11) is 0. The maximum atomic E-state index is 12.7. The quantitative estimate of drug-likeness (QED) is 0.573. The zero-order valence-electron chi connectivity index (χ0n) is 17.1. The summed E-state index contributed by atoms with van der Waals surface area (Å²) in [4.78, 5) is 52.3. The Bertz CT molecular complexity index is 638. The van der Waals surface area contributed by atoms with Gasteiger partial charge in [0.15, 0.2) is 5.78 Å². The maximum absolute atomic E-state index is 12.7. The summed E-state index contributed by atoms with van der Waals surface area (Å²) in [5.74, 6) is -1.22. The van der Waals surface area contributed by atoms with Gasteiger partial charge in [-0.05, 0) is 46.0 Å². The fraction of sp³-hybridized carbons (Fsp3) is 0.789. The van der Waals surface area contributed by atoms with Crippen molar-refractivity contribution < 1.29 is 23.9 Å². The van der Waals surface area contributed by atoms with E-state index >= 15 is 0 Å². The Labute approximate surface area is 165 Å². The molecule has 1 unspecified atom stereocenters. The van der Waals surface area contributed by atoms with Crippen LogP contribution in [0.3, 0.4) is 0 Å². The SMILES string of the molecule is CC(=O)[C@@H]1CCCN1C(=O)[C@@H](N)[C@H](C)OC(=O)C1C[C@H](C)CN1C(=O)[C@H](C)N. The van der Waals surface area contributed by atoms with Gasteiger partial charge in [-0.25, -0.2) is 4.79 Å². The molecule has 0 spiro atoms.